The van der Waals surface area contributed by atoms with Crippen LogP contribution in [-0.4, -0.2) is 47.1 Å². The van der Waals surface area contributed by atoms with Crippen LogP contribution in [0.15, 0.2) is 28.7 Å². The van der Waals surface area contributed by atoms with Gasteiger partial charge in [-0.3, -0.25) is 4.79 Å². The van der Waals surface area contributed by atoms with E-state index in [9.17, 15) is 4.79 Å². The number of carbonyl (C=O) groups is 1. The van der Waals surface area contributed by atoms with E-state index in [1.54, 1.807) is 17.9 Å². The maximum absolute atomic E-state index is 12.6. The molecular formula is C17H19BrN4O2. The van der Waals surface area contributed by atoms with Crippen LogP contribution in [0.1, 0.15) is 21.9 Å². The Morgan fingerprint density at radius 2 is 1.96 bits per heavy atom. The van der Waals surface area contributed by atoms with E-state index in [1.807, 2.05) is 25.1 Å². The molecule has 24 heavy (non-hydrogen) atoms. The average molecular weight is 391 g/mol. The Kier molecular flexibility index (Phi) is 5.11. The first-order valence-electron chi connectivity index (χ1n) is 7.79. The lowest BCUT2D eigenvalue weighted by Gasteiger charge is -2.26. The summed E-state index contributed by atoms with van der Waals surface area (Å²) in [5.41, 5.74) is 2.45. The number of hydrogen-bond donors (Lipinski definition) is 1. The van der Waals surface area contributed by atoms with Crippen LogP contribution in [0.5, 0.6) is 0 Å². The van der Waals surface area contributed by atoms with Gasteiger partial charge in [-0.2, -0.15) is 0 Å². The fourth-order valence-corrected chi connectivity index (χ4v) is 3.12. The minimum absolute atomic E-state index is 0.0881. The lowest BCUT2D eigenvalue weighted by atomic mass is 10.2. The van der Waals surface area contributed by atoms with E-state index in [0.717, 1.165) is 15.7 Å². The highest BCUT2D eigenvalue weighted by atomic mass is 79.9. The molecule has 2 heterocycles. The minimum atomic E-state index is -0.0881. The van der Waals surface area contributed by atoms with Crippen molar-refractivity contribution in [1.82, 2.24) is 14.9 Å². The molecule has 6 nitrogen and oxygen atoms in total. The van der Waals surface area contributed by atoms with Gasteiger partial charge in [-0.25, -0.2) is 9.97 Å². The van der Waals surface area contributed by atoms with Crippen molar-refractivity contribution >= 4 is 33.3 Å². The number of nitrogens with zero attached hydrogens (tertiary/aromatic N) is 3. The molecule has 0 spiro atoms. The number of carbonyl (C=O) groups excluding carboxylic acids is 1. The van der Waals surface area contributed by atoms with Gasteiger partial charge in [0, 0.05) is 23.6 Å². The van der Waals surface area contributed by atoms with Gasteiger partial charge in [0.15, 0.2) is 0 Å². The number of ether oxygens (including phenoxy) is 1. The van der Waals surface area contributed by atoms with Crippen molar-refractivity contribution in [2.75, 3.05) is 31.6 Å². The van der Waals surface area contributed by atoms with Crippen LogP contribution in [0.3, 0.4) is 0 Å². The predicted octanol–water partition coefficient (Wildman–Crippen LogP) is 3.07. The van der Waals surface area contributed by atoms with Gasteiger partial charge in [-0.1, -0.05) is 6.07 Å². The molecule has 0 unspecified atom stereocenters. The molecule has 0 bridgehead atoms. The van der Waals surface area contributed by atoms with Gasteiger partial charge in [-0.05, 0) is 47.5 Å². The fourth-order valence-electron chi connectivity index (χ4n) is 2.53. The molecule has 0 saturated carbocycles. The van der Waals surface area contributed by atoms with E-state index >= 15 is 0 Å². The van der Waals surface area contributed by atoms with E-state index in [1.165, 1.54) is 0 Å². The summed E-state index contributed by atoms with van der Waals surface area (Å²) in [4.78, 5) is 23.0. The molecule has 1 N–H and O–H groups in total. The highest BCUT2D eigenvalue weighted by molar-refractivity contribution is 9.10. The maximum atomic E-state index is 12.6. The monoisotopic (exact) mass is 390 g/mol. The van der Waals surface area contributed by atoms with Crippen LogP contribution in [0.25, 0.3) is 0 Å². The first-order valence-corrected chi connectivity index (χ1v) is 8.58. The van der Waals surface area contributed by atoms with Crippen LogP contribution >= 0.6 is 15.9 Å². The fraction of sp³-hybridized carbons (Fsp3) is 0.353. The molecule has 126 valence electrons. The van der Waals surface area contributed by atoms with Crippen LogP contribution in [-0.2, 0) is 4.74 Å². The van der Waals surface area contributed by atoms with Crippen molar-refractivity contribution in [3.8, 4) is 0 Å². The minimum Gasteiger partial charge on any atom is -0.378 e. The zero-order chi connectivity index (χ0) is 17.1. The lowest BCUT2D eigenvalue weighted by molar-refractivity contribution is 0.0299. The Hall–Kier alpha value is -1.99. The molecule has 0 radical (unpaired) electrons. The molecule has 1 aliphatic rings. The Balaban J connectivity index is 1.84. The Labute approximate surface area is 149 Å². The second kappa shape index (κ2) is 7.27. The van der Waals surface area contributed by atoms with Gasteiger partial charge < -0.3 is 15.0 Å². The third-order valence-electron chi connectivity index (χ3n) is 3.74. The SMILES string of the molecule is Cc1ccc(Nc2cc(C(=O)N3CCOCC3)nc(C)n2)c(Br)c1. The Bertz CT molecular complexity index is 760. The molecule has 2 aromatic rings. The molecule has 1 aromatic carbocycles. The normalized spacial score (nSPS) is 14.5. The molecule has 0 atom stereocenters. The molecule has 1 saturated heterocycles. The summed E-state index contributed by atoms with van der Waals surface area (Å²) in [7, 11) is 0. The van der Waals surface area contributed by atoms with E-state index in [4.69, 9.17) is 4.74 Å². The van der Waals surface area contributed by atoms with Crippen molar-refractivity contribution in [3.05, 3.63) is 45.8 Å². The average Bonchev–Trinajstić information content (AvgIpc) is 2.57. The predicted molar refractivity (Wildman–Crippen MR) is 95.7 cm³/mol. The van der Waals surface area contributed by atoms with Gasteiger partial charge in [-0.15, -0.1) is 0 Å². The number of anilines is 2. The van der Waals surface area contributed by atoms with Crippen molar-refractivity contribution in [1.29, 1.82) is 0 Å². The molecule has 1 fully saturated rings. The molecule has 7 heteroatoms. The topological polar surface area (TPSA) is 67.4 Å². The lowest BCUT2D eigenvalue weighted by Crippen LogP contribution is -2.41. The number of aromatic nitrogens is 2. The van der Waals surface area contributed by atoms with E-state index in [2.05, 4.69) is 31.2 Å². The number of aryl methyl sites for hydroxylation is 2. The van der Waals surface area contributed by atoms with Gasteiger partial charge in [0.1, 0.15) is 17.3 Å². The molecule has 1 amide bonds. The molecule has 1 aliphatic heterocycles. The summed E-state index contributed by atoms with van der Waals surface area (Å²) in [6.07, 6.45) is 0. The first-order chi connectivity index (χ1) is 11.5. The third kappa shape index (κ3) is 3.91. The quantitative estimate of drug-likeness (QED) is 0.871. The largest absolute Gasteiger partial charge is 0.378 e. The van der Waals surface area contributed by atoms with Gasteiger partial charge in [0.25, 0.3) is 5.91 Å². The van der Waals surface area contributed by atoms with Crippen LogP contribution in [0, 0.1) is 13.8 Å². The van der Waals surface area contributed by atoms with E-state index < -0.39 is 0 Å². The van der Waals surface area contributed by atoms with Gasteiger partial charge in [0.2, 0.25) is 0 Å². The summed E-state index contributed by atoms with van der Waals surface area (Å²) in [5.74, 6) is 1.07. The second-order valence-electron chi connectivity index (χ2n) is 5.70. The van der Waals surface area contributed by atoms with Crippen LogP contribution < -0.4 is 5.32 Å². The number of rotatable bonds is 3. The first kappa shape index (κ1) is 16.9. The highest BCUT2D eigenvalue weighted by Gasteiger charge is 2.20. The summed E-state index contributed by atoms with van der Waals surface area (Å²) >= 11 is 3.54. The molecule has 3 rings (SSSR count). The number of benzene rings is 1. The van der Waals surface area contributed by atoms with Crippen LogP contribution in [0.2, 0.25) is 0 Å². The smallest absolute Gasteiger partial charge is 0.272 e. The number of nitrogens with one attached hydrogen (secondary N) is 1. The number of morpholine rings is 1. The van der Waals surface area contributed by atoms with Gasteiger partial charge in [0.05, 0.1) is 18.9 Å². The zero-order valence-corrected chi connectivity index (χ0v) is 15.3. The number of hydrogen-bond acceptors (Lipinski definition) is 5. The molecule has 1 aromatic heterocycles. The maximum Gasteiger partial charge on any atom is 0.272 e. The van der Waals surface area contributed by atoms with Crippen LogP contribution in [0.4, 0.5) is 11.5 Å². The zero-order valence-electron chi connectivity index (χ0n) is 13.7. The molecular weight excluding hydrogens is 372 g/mol. The standard InChI is InChI=1S/C17H19BrN4O2/c1-11-3-4-14(13(18)9-11)21-16-10-15(19-12(2)20-16)17(23)22-5-7-24-8-6-22/h3-4,9-10H,5-8H2,1-2H3,(H,19,20,21). The van der Waals surface area contributed by atoms with Gasteiger partial charge >= 0.3 is 0 Å². The number of halogens is 1. The summed E-state index contributed by atoms with van der Waals surface area (Å²) < 4.78 is 6.24. The highest BCUT2D eigenvalue weighted by Crippen LogP contribution is 2.26. The van der Waals surface area contributed by atoms with E-state index in [0.29, 0.717) is 43.6 Å². The van der Waals surface area contributed by atoms with Crippen molar-refractivity contribution < 1.29 is 9.53 Å². The number of amides is 1. The summed E-state index contributed by atoms with van der Waals surface area (Å²) in [5, 5.41) is 3.25. The Morgan fingerprint density at radius 1 is 1.21 bits per heavy atom. The van der Waals surface area contributed by atoms with E-state index in [-0.39, 0.29) is 5.91 Å². The van der Waals surface area contributed by atoms with Crippen molar-refractivity contribution in [2.45, 2.75) is 13.8 Å². The summed E-state index contributed by atoms with van der Waals surface area (Å²) in [6, 6.07) is 7.70. The van der Waals surface area contributed by atoms with Crippen molar-refractivity contribution in [3.63, 3.8) is 0 Å². The summed E-state index contributed by atoms with van der Waals surface area (Å²) in [6.45, 7) is 6.13. The Morgan fingerprint density at radius 3 is 2.67 bits per heavy atom. The van der Waals surface area contributed by atoms with Crippen molar-refractivity contribution in [2.24, 2.45) is 0 Å². The third-order valence-corrected chi connectivity index (χ3v) is 4.40. The molecule has 0 aliphatic carbocycles. The second-order valence-corrected chi connectivity index (χ2v) is 6.55.